The molecule has 4 nitrogen and oxygen atoms in total. The molecule has 7 heteroatoms. The number of hydrogen-bond donors (Lipinski definition) is 1. The minimum atomic E-state index is -2.74. The van der Waals surface area contributed by atoms with E-state index in [4.69, 9.17) is 11.6 Å². The lowest BCUT2D eigenvalue weighted by molar-refractivity contribution is -0.123. The summed E-state index contributed by atoms with van der Waals surface area (Å²) in [5.41, 5.74) is -0.0668. The van der Waals surface area contributed by atoms with E-state index in [1.165, 1.54) is 30.4 Å². The van der Waals surface area contributed by atoms with Crippen molar-refractivity contribution in [3.8, 4) is 0 Å². The molecule has 2 fully saturated rings. The third-order valence-corrected chi connectivity index (χ3v) is 5.95. The van der Waals surface area contributed by atoms with Crippen molar-refractivity contribution >= 4 is 17.5 Å². The number of aromatic nitrogens is 2. The largest absolute Gasteiger partial charge is 0.352 e. The van der Waals surface area contributed by atoms with Crippen LogP contribution in [-0.2, 0) is 11.3 Å². The van der Waals surface area contributed by atoms with Crippen LogP contribution < -0.4 is 5.32 Å². The van der Waals surface area contributed by atoms with E-state index in [9.17, 15) is 13.6 Å². The highest BCUT2D eigenvalue weighted by Crippen LogP contribution is 2.49. The van der Waals surface area contributed by atoms with Crippen molar-refractivity contribution in [2.45, 2.75) is 58.5 Å². The van der Waals surface area contributed by atoms with Gasteiger partial charge in [0.1, 0.15) is 12.2 Å². The SMILES string of the molecule is Cc1c(Cl)c(C(F)F)nn1CC(=O)N[C@H](C)[C@H]1C[C@H]2CC[C@H]1C2. The van der Waals surface area contributed by atoms with Gasteiger partial charge in [-0.15, -0.1) is 0 Å². The van der Waals surface area contributed by atoms with Crippen molar-refractivity contribution in [2.24, 2.45) is 17.8 Å². The van der Waals surface area contributed by atoms with Crippen molar-refractivity contribution in [3.05, 3.63) is 16.4 Å². The van der Waals surface area contributed by atoms with E-state index in [-0.39, 0.29) is 23.5 Å². The molecule has 4 atom stereocenters. The van der Waals surface area contributed by atoms with Crippen LogP contribution >= 0.6 is 11.6 Å². The van der Waals surface area contributed by atoms with Gasteiger partial charge in [-0.2, -0.15) is 5.10 Å². The first-order valence-electron chi connectivity index (χ1n) is 8.17. The number of alkyl halides is 2. The van der Waals surface area contributed by atoms with Gasteiger partial charge >= 0.3 is 0 Å². The number of carbonyl (C=O) groups is 1. The van der Waals surface area contributed by atoms with Crippen LogP contribution in [0.5, 0.6) is 0 Å². The van der Waals surface area contributed by atoms with Crippen molar-refractivity contribution in [1.82, 2.24) is 15.1 Å². The Morgan fingerprint density at radius 2 is 2.17 bits per heavy atom. The molecule has 128 valence electrons. The van der Waals surface area contributed by atoms with Gasteiger partial charge in [-0.25, -0.2) is 8.78 Å². The first-order chi connectivity index (χ1) is 10.9. The molecule has 1 amide bonds. The summed E-state index contributed by atoms with van der Waals surface area (Å²) in [6.45, 7) is 3.55. The van der Waals surface area contributed by atoms with Gasteiger partial charge in [-0.1, -0.05) is 18.0 Å². The maximum atomic E-state index is 12.8. The van der Waals surface area contributed by atoms with Crippen LogP contribution in [0, 0.1) is 24.7 Å². The number of halogens is 3. The number of nitrogens with zero attached hydrogens (tertiary/aromatic N) is 2. The summed E-state index contributed by atoms with van der Waals surface area (Å²) in [5.74, 6) is 1.88. The van der Waals surface area contributed by atoms with E-state index < -0.39 is 12.1 Å². The van der Waals surface area contributed by atoms with Gasteiger partial charge < -0.3 is 5.32 Å². The highest BCUT2D eigenvalue weighted by Gasteiger charge is 2.42. The van der Waals surface area contributed by atoms with Crippen molar-refractivity contribution in [3.63, 3.8) is 0 Å². The molecule has 23 heavy (non-hydrogen) atoms. The number of amides is 1. The van der Waals surface area contributed by atoms with Crippen LogP contribution in [0.1, 0.15) is 50.4 Å². The number of hydrogen-bond acceptors (Lipinski definition) is 2. The zero-order chi connectivity index (χ0) is 16.7. The summed E-state index contributed by atoms with van der Waals surface area (Å²) in [5, 5.41) is 6.71. The molecule has 0 aromatic carbocycles. The van der Waals surface area contributed by atoms with E-state index in [0.717, 1.165) is 11.8 Å². The topological polar surface area (TPSA) is 46.9 Å². The molecular weight excluding hydrogens is 324 g/mol. The first kappa shape index (κ1) is 16.7. The quantitative estimate of drug-likeness (QED) is 0.884. The minimum Gasteiger partial charge on any atom is -0.352 e. The molecule has 2 aliphatic carbocycles. The van der Waals surface area contributed by atoms with Crippen LogP contribution in [-0.4, -0.2) is 21.7 Å². The van der Waals surface area contributed by atoms with Crippen LogP contribution in [0.3, 0.4) is 0 Å². The molecular formula is C16H22ClF2N3O. The smallest absolute Gasteiger partial charge is 0.283 e. The van der Waals surface area contributed by atoms with Gasteiger partial charge in [0.05, 0.1) is 10.7 Å². The Bertz CT molecular complexity index is 604. The van der Waals surface area contributed by atoms with Crippen LogP contribution in [0.25, 0.3) is 0 Å². The highest BCUT2D eigenvalue weighted by molar-refractivity contribution is 6.31. The first-order valence-corrected chi connectivity index (χ1v) is 8.55. The third kappa shape index (κ3) is 3.23. The van der Waals surface area contributed by atoms with Gasteiger partial charge in [0.15, 0.2) is 0 Å². The lowest BCUT2D eigenvalue weighted by Crippen LogP contribution is -2.41. The second-order valence-electron chi connectivity index (χ2n) is 6.94. The Labute approximate surface area is 139 Å². The number of nitrogens with one attached hydrogen (secondary N) is 1. The average Bonchev–Trinajstić information content (AvgIpc) is 3.17. The molecule has 0 spiro atoms. The summed E-state index contributed by atoms with van der Waals surface area (Å²) in [6, 6.07) is 0.110. The van der Waals surface area contributed by atoms with Crippen LogP contribution in [0.2, 0.25) is 5.02 Å². The van der Waals surface area contributed by atoms with Gasteiger partial charge in [0, 0.05) is 6.04 Å². The molecule has 1 aromatic rings. The zero-order valence-electron chi connectivity index (χ0n) is 13.4. The van der Waals surface area contributed by atoms with Crippen LogP contribution in [0.15, 0.2) is 0 Å². The summed E-state index contributed by atoms with van der Waals surface area (Å²) >= 11 is 5.85. The molecule has 0 aliphatic heterocycles. The summed E-state index contributed by atoms with van der Waals surface area (Å²) < 4.78 is 26.9. The number of rotatable bonds is 5. The average molecular weight is 346 g/mol. The van der Waals surface area contributed by atoms with Crippen molar-refractivity contribution in [1.29, 1.82) is 0 Å². The Morgan fingerprint density at radius 3 is 2.70 bits per heavy atom. The van der Waals surface area contributed by atoms with Crippen molar-refractivity contribution < 1.29 is 13.6 Å². The summed E-state index contributed by atoms with van der Waals surface area (Å²) in [6.07, 6.45) is 2.33. The predicted octanol–water partition coefficient (Wildman–Crippen LogP) is 3.72. The fourth-order valence-electron chi connectivity index (χ4n) is 4.29. The third-order valence-electron chi connectivity index (χ3n) is 5.48. The second kappa shape index (κ2) is 6.38. The second-order valence-corrected chi connectivity index (χ2v) is 7.32. The molecule has 2 saturated carbocycles. The maximum absolute atomic E-state index is 12.8. The Balaban J connectivity index is 1.60. The van der Waals surface area contributed by atoms with E-state index in [1.807, 2.05) is 6.92 Å². The molecule has 2 aliphatic rings. The number of fused-ring (bicyclic) bond motifs is 2. The molecule has 1 heterocycles. The van der Waals surface area contributed by atoms with Gasteiger partial charge in [0.2, 0.25) is 5.91 Å². The Morgan fingerprint density at radius 1 is 1.43 bits per heavy atom. The molecule has 0 radical (unpaired) electrons. The summed E-state index contributed by atoms with van der Waals surface area (Å²) in [4.78, 5) is 12.2. The number of carbonyl (C=O) groups excluding carboxylic acids is 1. The van der Waals surface area contributed by atoms with E-state index >= 15 is 0 Å². The van der Waals surface area contributed by atoms with Crippen molar-refractivity contribution in [2.75, 3.05) is 0 Å². The standard InChI is InChI=1S/C16H22ClF2N3O/c1-8(12-6-10-3-4-11(12)5-10)20-13(23)7-22-9(2)14(17)15(21-22)16(18)19/h8,10-12,16H,3-7H2,1-2H3,(H,20,23)/t8-,10+,11+,12-/m1/s1. The Hall–Kier alpha value is -1.17. The van der Waals surface area contributed by atoms with Gasteiger partial charge in [-0.05, 0) is 50.9 Å². The maximum Gasteiger partial charge on any atom is 0.283 e. The normalized spacial score (nSPS) is 27.7. The Kier molecular flexibility index (Phi) is 4.63. The molecule has 0 saturated heterocycles. The van der Waals surface area contributed by atoms with E-state index in [2.05, 4.69) is 10.4 Å². The van der Waals surface area contributed by atoms with Gasteiger partial charge in [-0.3, -0.25) is 9.48 Å². The molecule has 2 bridgehead atoms. The van der Waals surface area contributed by atoms with Gasteiger partial charge in [0.25, 0.3) is 6.43 Å². The zero-order valence-corrected chi connectivity index (χ0v) is 14.1. The van der Waals surface area contributed by atoms with Crippen LogP contribution in [0.4, 0.5) is 8.78 Å². The lowest BCUT2D eigenvalue weighted by Gasteiger charge is -2.28. The predicted molar refractivity (Wildman–Crippen MR) is 83.5 cm³/mol. The lowest BCUT2D eigenvalue weighted by atomic mass is 9.84. The van der Waals surface area contributed by atoms with E-state index in [1.54, 1.807) is 6.92 Å². The fourth-order valence-corrected chi connectivity index (χ4v) is 4.51. The molecule has 3 rings (SSSR count). The molecule has 0 unspecified atom stereocenters. The molecule has 1 aromatic heterocycles. The highest BCUT2D eigenvalue weighted by atomic mass is 35.5. The van der Waals surface area contributed by atoms with E-state index in [0.29, 0.717) is 11.6 Å². The minimum absolute atomic E-state index is 0.0612. The summed E-state index contributed by atoms with van der Waals surface area (Å²) in [7, 11) is 0. The fraction of sp³-hybridized carbons (Fsp3) is 0.750. The molecule has 1 N–H and O–H groups in total. The monoisotopic (exact) mass is 345 g/mol.